The highest BCUT2D eigenvalue weighted by molar-refractivity contribution is 6.03. The van der Waals surface area contributed by atoms with Crippen molar-refractivity contribution < 1.29 is 19.4 Å². The molecule has 1 aromatic carbocycles. The monoisotopic (exact) mass is 302 g/mol. The Labute approximate surface area is 127 Å². The van der Waals surface area contributed by atoms with Gasteiger partial charge in [-0.05, 0) is 18.2 Å². The third-order valence-corrected chi connectivity index (χ3v) is 3.85. The maximum atomic E-state index is 11.8. The maximum Gasteiger partial charge on any atom is 0.232 e. The van der Waals surface area contributed by atoms with Gasteiger partial charge >= 0.3 is 0 Å². The second-order valence-corrected chi connectivity index (χ2v) is 5.61. The average molecular weight is 302 g/mol. The molecule has 0 radical (unpaired) electrons. The van der Waals surface area contributed by atoms with E-state index in [9.17, 15) is 14.7 Å². The number of aliphatic hydroxyl groups is 1. The number of rotatable bonds is 5. The molecule has 0 aliphatic carbocycles. The number of likely N-dealkylation sites (tertiary alicyclic amines) is 1. The third kappa shape index (κ3) is 2.69. The number of amides is 2. The molecule has 3 rings (SSSR count). The van der Waals surface area contributed by atoms with E-state index in [1.54, 1.807) is 6.92 Å². The topological polar surface area (TPSA) is 82.6 Å². The van der Waals surface area contributed by atoms with E-state index in [2.05, 4.69) is 4.98 Å². The minimum atomic E-state index is -0.910. The van der Waals surface area contributed by atoms with Gasteiger partial charge in [-0.15, -0.1) is 0 Å². The third-order valence-electron chi connectivity index (χ3n) is 3.85. The van der Waals surface area contributed by atoms with Crippen LogP contribution >= 0.6 is 0 Å². The van der Waals surface area contributed by atoms with Crippen LogP contribution in [0.15, 0.2) is 30.5 Å². The summed E-state index contributed by atoms with van der Waals surface area (Å²) in [4.78, 5) is 27.7. The van der Waals surface area contributed by atoms with Gasteiger partial charge < -0.3 is 14.8 Å². The van der Waals surface area contributed by atoms with Crippen molar-refractivity contribution in [3.8, 4) is 5.75 Å². The van der Waals surface area contributed by atoms with Crippen LogP contribution < -0.4 is 4.74 Å². The fraction of sp³-hybridized carbons (Fsp3) is 0.375. The zero-order valence-electron chi connectivity index (χ0n) is 12.3. The summed E-state index contributed by atoms with van der Waals surface area (Å²) in [6, 6.07) is 7.50. The molecule has 0 saturated carbocycles. The second-order valence-electron chi connectivity index (χ2n) is 5.61. The maximum absolute atomic E-state index is 11.8. The molecule has 0 spiro atoms. The Morgan fingerprint density at radius 1 is 1.41 bits per heavy atom. The number of imide groups is 1. The molecule has 116 valence electrons. The average Bonchev–Trinajstić information content (AvgIpc) is 3.06. The van der Waals surface area contributed by atoms with Crippen molar-refractivity contribution in [2.75, 3.05) is 13.2 Å². The van der Waals surface area contributed by atoms with Gasteiger partial charge in [0, 0.05) is 29.4 Å². The number of H-pyrrole nitrogens is 1. The SMILES string of the molecule is C[C@H]1CC(=O)N(C[C@@H](O)COc2cccc3[nH]ccc23)C1=O. The Balaban J connectivity index is 1.61. The molecule has 22 heavy (non-hydrogen) atoms. The second kappa shape index (κ2) is 5.81. The Kier molecular flexibility index (Phi) is 3.85. The number of hydrogen-bond acceptors (Lipinski definition) is 4. The molecule has 2 atom stereocenters. The lowest BCUT2D eigenvalue weighted by Crippen LogP contribution is -2.39. The molecular weight excluding hydrogens is 284 g/mol. The molecule has 1 saturated heterocycles. The Hall–Kier alpha value is -2.34. The normalized spacial score (nSPS) is 19.9. The van der Waals surface area contributed by atoms with E-state index in [0.29, 0.717) is 5.75 Å². The molecular formula is C16H18N2O4. The van der Waals surface area contributed by atoms with E-state index in [1.807, 2.05) is 30.5 Å². The van der Waals surface area contributed by atoms with Gasteiger partial charge in [0.15, 0.2) is 0 Å². The molecule has 2 N–H and O–H groups in total. The number of aromatic nitrogens is 1. The number of aliphatic hydroxyl groups excluding tert-OH is 1. The molecule has 1 fully saturated rings. The summed E-state index contributed by atoms with van der Waals surface area (Å²) < 4.78 is 5.63. The fourth-order valence-corrected chi connectivity index (χ4v) is 2.67. The Morgan fingerprint density at radius 2 is 2.23 bits per heavy atom. The van der Waals surface area contributed by atoms with Crippen LogP contribution in [-0.4, -0.2) is 46.1 Å². The minimum Gasteiger partial charge on any atom is -0.490 e. The zero-order chi connectivity index (χ0) is 15.7. The smallest absolute Gasteiger partial charge is 0.232 e. The van der Waals surface area contributed by atoms with E-state index < -0.39 is 6.10 Å². The van der Waals surface area contributed by atoms with Crippen LogP contribution in [0.2, 0.25) is 0 Å². The molecule has 0 bridgehead atoms. The lowest BCUT2D eigenvalue weighted by molar-refractivity contribution is -0.141. The van der Waals surface area contributed by atoms with Crippen LogP contribution in [-0.2, 0) is 9.59 Å². The number of β-amino-alcohol motifs (C(OH)–C–C–N with tert-alkyl or cyclic N) is 1. The zero-order valence-corrected chi connectivity index (χ0v) is 12.3. The molecule has 1 aliphatic rings. The van der Waals surface area contributed by atoms with Crippen LogP contribution in [0.1, 0.15) is 13.3 Å². The van der Waals surface area contributed by atoms with Crippen molar-refractivity contribution in [1.29, 1.82) is 0 Å². The van der Waals surface area contributed by atoms with Gasteiger partial charge in [-0.2, -0.15) is 0 Å². The van der Waals surface area contributed by atoms with Crippen LogP contribution in [0, 0.1) is 5.92 Å². The van der Waals surface area contributed by atoms with E-state index in [4.69, 9.17) is 4.74 Å². The summed E-state index contributed by atoms with van der Waals surface area (Å²) in [5.74, 6) is -0.0967. The number of ether oxygens (including phenoxy) is 1. The van der Waals surface area contributed by atoms with Crippen LogP contribution in [0.5, 0.6) is 5.75 Å². The number of hydrogen-bond donors (Lipinski definition) is 2. The standard InChI is InChI=1S/C16H18N2O4/c1-10-7-15(20)18(16(10)21)8-11(19)9-22-14-4-2-3-13-12(14)5-6-17-13/h2-6,10-11,17,19H,7-9H2,1H3/t10-,11+/m0/s1. The molecule has 1 aliphatic heterocycles. The van der Waals surface area contributed by atoms with Gasteiger partial charge in [-0.25, -0.2) is 0 Å². The summed E-state index contributed by atoms with van der Waals surface area (Å²) in [5, 5.41) is 11.0. The minimum absolute atomic E-state index is 0.0227. The van der Waals surface area contributed by atoms with E-state index >= 15 is 0 Å². The summed E-state index contributed by atoms with van der Waals surface area (Å²) in [6.45, 7) is 1.72. The number of carbonyl (C=O) groups is 2. The van der Waals surface area contributed by atoms with Crippen molar-refractivity contribution >= 4 is 22.7 Å². The quantitative estimate of drug-likeness (QED) is 0.816. The van der Waals surface area contributed by atoms with Crippen LogP contribution in [0.25, 0.3) is 10.9 Å². The van der Waals surface area contributed by atoms with Crippen molar-refractivity contribution in [1.82, 2.24) is 9.88 Å². The van der Waals surface area contributed by atoms with Gasteiger partial charge in [0.1, 0.15) is 18.5 Å². The number of carbonyl (C=O) groups excluding carboxylic acids is 2. The van der Waals surface area contributed by atoms with E-state index in [1.165, 1.54) is 0 Å². The predicted molar refractivity (Wildman–Crippen MR) is 80.3 cm³/mol. The van der Waals surface area contributed by atoms with Crippen molar-refractivity contribution in [3.63, 3.8) is 0 Å². The highest BCUT2D eigenvalue weighted by Crippen LogP contribution is 2.25. The molecule has 2 heterocycles. The van der Waals surface area contributed by atoms with Gasteiger partial charge in [0.25, 0.3) is 0 Å². The number of fused-ring (bicyclic) bond motifs is 1. The first kappa shape index (κ1) is 14.6. The lowest BCUT2D eigenvalue weighted by Gasteiger charge is -2.19. The van der Waals surface area contributed by atoms with Crippen LogP contribution in [0.3, 0.4) is 0 Å². The van der Waals surface area contributed by atoms with Crippen molar-refractivity contribution in [3.05, 3.63) is 30.5 Å². The number of nitrogens with one attached hydrogen (secondary N) is 1. The number of benzene rings is 1. The van der Waals surface area contributed by atoms with Crippen molar-refractivity contribution in [2.45, 2.75) is 19.4 Å². The highest BCUT2D eigenvalue weighted by Gasteiger charge is 2.36. The molecule has 2 aromatic rings. The summed E-state index contributed by atoms with van der Waals surface area (Å²) in [6.07, 6.45) is 1.12. The van der Waals surface area contributed by atoms with Crippen molar-refractivity contribution in [2.24, 2.45) is 5.92 Å². The Bertz CT molecular complexity index is 709. The van der Waals surface area contributed by atoms with E-state index in [0.717, 1.165) is 15.8 Å². The summed E-state index contributed by atoms with van der Waals surface area (Å²) >= 11 is 0. The molecule has 1 aromatic heterocycles. The fourth-order valence-electron chi connectivity index (χ4n) is 2.67. The first-order valence-electron chi connectivity index (χ1n) is 7.27. The number of aromatic amines is 1. The van der Waals surface area contributed by atoms with Gasteiger partial charge in [0.2, 0.25) is 11.8 Å². The molecule has 6 nitrogen and oxygen atoms in total. The van der Waals surface area contributed by atoms with Gasteiger partial charge in [-0.1, -0.05) is 13.0 Å². The largest absolute Gasteiger partial charge is 0.490 e. The summed E-state index contributed by atoms with van der Waals surface area (Å²) in [7, 11) is 0. The van der Waals surface area contributed by atoms with Crippen LogP contribution in [0.4, 0.5) is 0 Å². The summed E-state index contributed by atoms with van der Waals surface area (Å²) in [5.41, 5.74) is 0.950. The highest BCUT2D eigenvalue weighted by atomic mass is 16.5. The van der Waals surface area contributed by atoms with Gasteiger partial charge in [0.05, 0.1) is 6.54 Å². The van der Waals surface area contributed by atoms with E-state index in [-0.39, 0.29) is 37.3 Å². The molecule has 6 heteroatoms. The first-order chi connectivity index (χ1) is 10.6. The first-order valence-corrected chi connectivity index (χ1v) is 7.27. The molecule has 0 unspecified atom stereocenters. The lowest BCUT2D eigenvalue weighted by atomic mass is 10.1. The number of nitrogens with zero attached hydrogens (tertiary/aromatic N) is 1. The Morgan fingerprint density at radius 3 is 2.95 bits per heavy atom. The predicted octanol–water partition coefficient (Wildman–Crippen LogP) is 1.30. The van der Waals surface area contributed by atoms with Gasteiger partial charge in [-0.3, -0.25) is 14.5 Å². The molecule has 2 amide bonds.